The van der Waals surface area contributed by atoms with E-state index in [-0.39, 0.29) is 0 Å². The molecule has 0 unspecified atom stereocenters. The fourth-order valence-electron chi connectivity index (χ4n) is 0.102. The van der Waals surface area contributed by atoms with E-state index in [1.54, 1.807) is 7.05 Å². The highest BCUT2D eigenvalue weighted by Crippen LogP contribution is 1.39. The number of nitrogens with zero attached hydrogens (tertiary/aromatic N) is 1. The second-order valence-electron chi connectivity index (χ2n) is 0.676. The second-order valence-corrected chi connectivity index (χ2v) is 0.676. The maximum atomic E-state index is 4.76. The Labute approximate surface area is 37.3 Å². The minimum atomic E-state index is 1.44. The van der Waals surface area contributed by atoms with Crippen LogP contribution in [0.25, 0.3) is 0 Å². The van der Waals surface area contributed by atoms with E-state index in [0.717, 1.165) is 0 Å². The van der Waals surface area contributed by atoms with Gasteiger partial charge in [-0.2, -0.15) is 0 Å². The quantitative estimate of drug-likeness (QED) is 0.202. The van der Waals surface area contributed by atoms with Crippen LogP contribution in [0, 0.1) is 12.5 Å². The standard InChI is InChI=1S/C4H6N2/c1-3-6-4-5-2/h1,4H,2H3,(H,5,6). The van der Waals surface area contributed by atoms with Crippen LogP contribution in [0.2, 0.25) is 0 Å². The summed E-state index contributed by atoms with van der Waals surface area (Å²) in [7, 11) is 1.64. The first kappa shape index (κ1) is 5.03. The van der Waals surface area contributed by atoms with E-state index in [4.69, 9.17) is 6.42 Å². The lowest BCUT2D eigenvalue weighted by atomic mass is 11.0. The largest absolute Gasteiger partial charge is 0.306 e. The highest BCUT2D eigenvalue weighted by atomic mass is 14.9. The van der Waals surface area contributed by atoms with E-state index in [1.165, 1.54) is 6.34 Å². The van der Waals surface area contributed by atoms with Gasteiger partial charge in [0.25, 0.3) is 0 Å². The van der Waals surface area contributed by atoms with E-state index in [9.17, 15) is 0 Å². The lowest BCUT2D eigenvalue weighted by Gasteiger charge is -1.74. The van der Waals surface area contributed by atoms with E-state index in [2.05, 4.69) is 16.4 Å². The smallest absolute Gasteiger partial charge is 0.0935 e. The predicted molar refractivity (Wildman–Crippen MR) is 26.4 cm³/mol. The fourth-order valence-corrected chi connectivity index (χ4v) is 0.102. The van der Waals surface area contributed by atoms with Crippen molar-refractivity contribution in [2.45, 2.75) is 0 Å². The van der Waals surface area contributed by atoms with E-state index >= 15 is 0 Å². The minimum Gasteiger partial charge on any atom is -0.306 e. The van der Waals surface area contributed by atoms with Crippen LogP contribution in [0.15, 0.2) is 4.99 Å². The van der Waals surface area contributed by atoms with E-state index < -0.39 is 0 Å². The van der Waals surface area contributed by atoms with Crippen LogP contribution in [0.3, 0.4) is 0 Å². The van der Waals surface area contributed by atoms with Gasteiger partial charge in [0.2, 0.25) is 0 Å². The molecule has 0 radical (unpaired) electrons. The molecule has 0 aromatic rings. The predicted octanol–water partition coefficient (Wildman–Crippen LogP) is -0.175. The zero-order chi connectivity index (χ0) is 4.83. The summed E-state index contributed by atoms with van der Waals surface area (Å²) in [5.41, 5.74) is 0. The van der Waals surface area contributed by atoms with Gasteiger partial charge >= 0.3 is 0 Å². The lowest BCUT2D eigenvalue weighted by Crippen LogP contribution is -1.98. The number of aliphatic imine (C=N–C) groups is 1. The molecule has 0 spiro atoms. The molecule has 0 aromatic heterocycles. The van der Waals surface area contributed by atoms with Crippen molar-refractivity contribution < 1.29 is 0 Å². The Morgan fingerprint density at radius 1 is 2.00 bits per heavy atom. The summed E-state index contributed by atoms with van der Waals surface area (Å²) in [6.07, 6.45) is 6.21. The number of hydrogen-bond donors (Lipinski definition) is 1. The van der Waals surface area contributed by atoms with Gasteiger partial charge in [-0.15, -0.1) is 0 Å². The highest BCUT2D eigenvalue weighted by Gasteiger charge is 1.51. The SMILES string of the molecule is C#CNC=NC. The Morgan fingerprint density at radius 2 is 2.67 bits per heavy atom. The molecule has 0 aliphatic heterocycles. The van der Waals surface area contributed by atoms with Gasteiger partial charge in [0.1, 0.15) is 0 Å². The van der Waals surface area contributed by atoms with Crippen LogP contribution in [0.1, 0.15) is 0 Å². The average Bonchev–Trinajstić information content (AvgIpc) is 1.61. The van der Waals surface area contributed by atoms with Gasteiger partial charge in [-0.05, 0) is 0 Å². The fraction of sp³-hybridized carbons (Fsp3) is 0.250. The van der Waals surface area contributed by atoms with Crippen molar-refractivity contribution in [3.05, 3.63) is 0 Å². The zero-order valence-electron chi connectivity index (χ0n) is 3.60. The van der Waals surface area contributed by atoms with Crippen molar-refractivity contribution in [3.63, 3.8) is 0 Å². The molecule has 32 valence electrons. The minimum absolute atomic E-state index is 1.44. The van der Waals surface area contributed by atoms with Crippen molar-refractivity contribution in [3.8, 4) is 12.5 Å². The summed E-state index contributed by atoms with van der Waals surface area (Å²) in [4.78, 5) is 3.55. The third kappa shape index (κ3) is 3.03. The monoisotopic (exact) mass is 82.1 g/mol. The summed E-state index contributed by atoms with van der Waals surface area (Å²) in [5, 5.41) is 2.43. The molecule has 0 fully saturated rings. The summed E-state index contributed by atoms with van der Waals surface area (Å²) in [6, 6.07) is 2.17. The van der Waals surface area contributed by atoms with Crippen LogP contribution < -0.4 is 5.32 Å². The maximum absolute atomic E-state index is 4.76. The van der Waals surface area contributed by atoms with Crippen LogP contribution in [0.4, 0.5) is 0 Å². The van der Waals surface area contributed by atoms with Crippen molar-refractivity contribution >= 4 is 6.34 Å². The third-order valence-electron chi connectivity index (χ3n) is 0.277. The number of hydrogen-bond acceptors (Lipinski definition) is 1. The summed E-state index contributed by atoms with van der Waals surface area (Å²) in [5.74, 6) is 0. The average molecular weight is 82.1 g/mol. The molecule has 6 heavy (non-hydrogen) atoms. The number of terminal acetylenes is 1. The van der Waals surface area contributed by atoms with Gasteiger partial charge in [0, 0.05) is 13.1 Å². The summed E-state index contributed by atoms with van der Waals surface area (Å²) in [6.45, 7) is 0. The first-order chi connectivity index (χ1) is 2.91. The van der Waals surface area contributed by atoms with Gasteiger partial charge in [0.15, 0.2) is 0 Å². The highest BCUT2D eigenvalue weighted by molar-refractivity contribution is 5.56. The Hall–Kier alpha value is -0.970. The van der Waals surface area contributed by atoms with Crippen molar-refractivity contribution in [2.75, 3.05) is 7.05 Å². The van der Waals surface area contributed by atoms with Crippen molar-refractivity contribution in [2.24, 2.45) is 4.99 Å². The molecule has 0 saturated heterocycles. The molecule has 0 aliphatic carbocycles. The van der Waals surface area contributed by atoms with Gasteiger partial charge in [-0.25, -0.2) is 0 Å². The Kier molecular flexibility index (Phi) is 3.38. The molecule has 0 heterocycles. The normalized spacial score (nSPS) is 8.00. The third-order valence-corrected chi connectivity index (χ3v) is 0.277. The zero-order valence-corrected chi connectivity index (χ0v) is 3.60. The van der Waals surface area contributed by atoms with Gasteiger partial charge in [0.05, 0.1) is 6.34 Å². The van der Waals surface area contributed by atoms with Gasteiger partial charge < -0.3 is 5.32 Å². The molecular formula is C4H6N2. The van der Waals surface area contributed by atoms with Crippen molar-refractivity contribution in [1.29, 1.82) is 0 Å². The first-order valence-corrected chi connectivity index (χ1v) is 1.53. The molecule has 0 amide bonds. The Balaban J connectivity index is 2.92. The Bertz CT molecular complexity index is 78.0. The number of rotatable bonds is 1. The molecule has 2 nitrogen and oxygen atoms in total. The summed E-state index contributed by atoms with van der Waals surface area (Å²) < 4.78 is 0. The van der Waals surface area contributed by atoms with Crippen LogP contribution >= 0.6 is 0 Å². The van der Waals surface area contributed by atoms with E-state index in [0.29, 0.717) is 0 Å². The molecule has 0 aliphatic rings. The first-order valence-electron chi connectivity index (χ1n) is 1.53. The van der Waals surface area contributed by atoms with Crippen molar-refractivity contribution in [1.82, 2.24) is 5.32 Å². The molecule has 0 saturated carbocycles. The molecule has 0 atom stereocenters. The molecular weight excluding hydrogens is 76.1 g/mol. The lowest BCUT2D eigenvalue weighted by molar-refractivity contribution is 1.34. The molecule has 2 heteroatoms. The molecule has 0 aromatic carbocycles. The maximum Gasteiger partial charge on any atom is 0.0935 e. The van der Waals surface area contributed by atoms with Gasteiger partial charge in [-0.3, -0.25) is 4.99 Å². The van der Waals surface area contributed by atoms with E-state index in [1.807, 2.05) is 0 Å². The van der Waals surface area contributed by atoms with Crippen LogP contribution in [-0.2, 0) is 0 Å². The number of nitrogens with one attached hydrogen (secondary N) is 1. The molecule has 0 bridgehead atoms. The van der Waals surface area contributed by atoms with Gasteiger partial charge in [-0.1, -0.05) is 6.42 Å². The second kappa shape index (κ2) is 4.03. The van der Waals surface area contributed by atoms with Crippen LogP contribution in [-0.4, -0.2) is 13.4 Å². The Morgan fingerprint density at radius 3 is 2.83 bits per heavy atom. The summed E-state index contributed by atoms with van der Waals surface area (Å²) >= 11 is 0. The van der Waals surface area contributed by atoms with Crippen LogP contribution in [0.5, 0.6) is 0 Å². The molecule has 0 rings (SSSR count). The topological polar surface area (TPSA) is 24.4 Å². The molecule has 1 N–H and O–H groups in total.